The third-order valence-electron chi connectivity index (χ3n) is 9.99. The van der Waals surface area contributed by atoms with Crippen LogP contribution in [0.5, 0.6) is 11.5 Å². The van der Waals surface area contributed by atoms with E-state index < -0.39 is 37.3 Å². The predicted molar refractivity (Wildman–Crippen MR) is 205 cm³/mol. The van der Waals surface area contributed by atoms with Gasteiger partial charge in [0, 0.05) is 67.1 Å². The number of allylic oxidation sites excluding steroid dienone is 1. The van der Waals surface area contributed by atoms with Gasteiger partial charge in [0.1, 0.15) is 17.1 Å². The fourth-order valence-corrected chi connectivity index (χ4v) is 8.13. The Balaban J connectivity index is 1.12. The number of anilines is 1. The van der Waals surface area contributed by atoms with Crippen molar-refractivity contribution in [1.29, 1.82) is 0 Å². The number of fused-ring (bicyclic) bond motifs is 1. The van der Waals surface area contributed by atoms with Crippen LogP contribution in [0.1, 0.15) is 49.0 Å². The van der Waals surface area contributed by atoms with Crippen molar-refractivity contribution >= 4 is 55.5 Å². The van der Waals surface area contributed by atoms with Crippen LogP contribution in [0.25, 0.3) is 16.6 Å². The molecular formula is C39H38ClFN6O6S. The van der Waals surface area contributed by atoms with E-state index in [4.69, 9.17) is 16.3 Å². The van der Waals surface area contributed by atoms with E-state index in [1.807, 2.05) is 22.9 Å². The molecule has 0 atom stereocenters. The maximum absolute atomic E-state index is 13.9. The number of aromatic nitrogens is 2. The van der Waals surface area contributed by atoms with E-state index in [-0.39, 0.29) is 16.7 Å². The number of carbonyl (C=O) groups is 1. The van der Waals surface area contributed by atoms with Crippen molar-refractivity contribution in [3.05, 3.63) is 123 Å². The van der Waals surface area contributed by atoms with Crippen molar-refractivity contribution in [2.75, 3.05) is 37.6 Å². The highest BCUT2D eigenvalue weighted by atomic mass is 35.5. The summed E-state index contributed by atoms with van der Waals surface area (Å²) in [5.74, 6) is -1.85. The molecule has 1 amide bonds. The van der Waals surface area contributed by atoms with Gasteiger partial charge in [0.05, 0.1) is 21.6 Å². The summed E-state index contributed by atoms with van der Waals surface area (Å²) in [6.07, 6.45) is 6.38. The van der Waals surface area contributed by atoms with Crippen LogP contribution in [0.3, 0.4) is 0 Å². The molecule has 1 saturated heterocycles. The second kappa shape index (κ2) is 14.8. The van der Waals surface area contributed by atoms with Crippen LogP contribution >= 0.6 is 11.6 Å². The van der Waals surface area contributed by atoms with Gasteiger partial charge < -0.3 is 14.6 Å². The number of amides is 1. The number of aromatic amines is 1. The first-order valence-electron chi connectivity index (χ1n) is 17.4. The number of nitrogens with zero attached hydrogens (tertiary/aromatic N) is 4. The monoisotopic (exact) mass is 772 g/mol. The number of nitro groups is 1. The lowest BCUT2D eigenvalue weighted by molar-refractivity contribution is -0.387. The number of hydrogen-bond donors (Lipinski definition) is 2. The Hall–Kier alpha value is -5.31. The first-order chi connectivity index (χ1) is 25.7. The molecule has 5 aromatic rings. The van der Waals surface area contributed by atoms with E-state index in [1.54, 1.807) is 24.4 Å². The number of rotatable bonds is 10. The zero-order valence-electron chi connectivity index (χ0n) is 29.6. The fraction of sp³-hybridized carbons (Fsp3) is 0.282. The molecule has 0 unspecified atom stereocenters. The third-order valence-corrected chi connectivity index (χ3v) is 11.6. The van der Waals surface area contributed by atoms with Gasteiger partial charge in [-0.25, -0.2) is 18.1 Å². The largest absolute Gasteiger partial charge is 0.455 e. The minimum absolute atomic E-state index is 0.0759. The van der Waals surface area contributed by atoms with Crippen LogP contribution in [0.4, 0.5) is 15.8 Å². The normalized spacial score (nSPS) is 16.4. The molecule has 54 heavy (non-hydrogen) atoms. The molecule has 280 valence electrons. The average Bonchev–Trinajstić information content (AvgIpc) is 3.61. The number of nitrogens with one attached hydrogen (secondary N) is 2. The summed E-state index contributed by atoms with van der Waals surface area (Å²) in [6, 6.07) is 18.6. The zero-order chi connectivity index (χ0) is 38.2. The van der Waals surface area contributed by atoms with E-state index in [9.17, 15) is 27.7 Å². The van der Waals surface area contributed by atoms with Gasteiger partial charge in [-0.1, -0.05) is 43.2 Å². The molecule has 12 nitrogen and oxygen atoms in total. The lowest BCUT2D eigenvalue weighted by Gasteiger charge is -2.39. The van der Waals surface area contributed by atoms with Gasteiger partial charge >= 0.3 is 5.69 Å². The highest BCUT2D eigenvalue weighted by Crippen LogP contribution is 2.43. The van der Waals surface area contributed by atoms with E-state index in [2.05, 4.69) is 45.7 Å². The minimum atomic E-state index is -4.64. The van der Waals surface area contributed by atoms with Crippen molar-refractivity contribution in [1.82, 2.24) is 19.6 Å². The number of ether oxygens (including phenoxy) is 1. The molecule has 7 rings (SSSR count). The standard InChI is InChI=1S/C39H38ClFN6O6S/c1-39(2)13-11-27(33(22-39)25-3-5-28(40)6-4-25)24-45-15-17-46(18-16-45)29-7-9-32(36(20-29)53-30-19-26-12-14-42-37(26)43-23-30)38(48)44-54(51,52)31-8-10-34(41)35(21-31)47(49)50/h3-10,12,14,19-21,23H,11,13,15-18,22,24H2,1-2H3,(H,42,43)(H,44,48). The van der Waals surface area contributed by atoms with Crippen molar-refractivity contribution in [3.63, 3.8) is 0 Å². The molecular weight excluding hydrogens is 735 g/mol. The SMILES string of the molecule is CC1(C)CCC(CN2CCN(c3ccc(C(=O)NS(=O)(=O)c4ccc(F)c([N+](=O)[O-])c4)c(Oc4cnc5[nH]ccc5c4)c3)CC2)=C(c2ccc(Cl)cc2)C1. The molecule has 0 radical (unpaired) electrons. The summed E-state index contributed by atoms with van der Waals surface area (Å²) in [4.78, 5) is 35.2. The van der Waals surface area contributed by atoms with Crippen molar-refractivity contribution in [2.45, 2.75) is 38.0 Å². The van der Waals surface area contributed by atoms with Crippen LogP contribution in [-0.4, -0.2) is 66.8 Å². The lowest BCUT2D eigenvalue weighted by atomic mass is 9.72. The Morgan fingerprint density at radius 2 is 1.81 bits per heavy atom. The van der Waals surface area contributed by atoms with Crippen LogP contribution in [0, 0.1) is 21.3 Å². The Morgan fingerprint density at radius 1 is 1.06 bits per heavy atom. The van der Waals surface area contributed by atoms with E-state index in [1.165, 1.54) is 29.0 Å². The van der Waals surface area contributed by atoms with Crippen LogP contribution in [0.15, 0.2) is 95.7 Å². The van der Waals surface area contributed by atoms with E-state index in [0.717, 1.165) is 61.1 Å². The van der Waals surface area contributed by atoms with Gasteiger partial charge in [-0.05, 0) is 84.3 Å². The van der Waals surface area contributed by atoms with Crippen molar-refractivity contribution < 1.29 is 27.3 Å². The topological polar surface area (TPSA) is 151 Å². The van der Waals surface area contributed by atoms with E-state index in [0.29, 0.717) is 36.6 Å². The quantitative estimate of drug-likeness (QED) is 0.106. The Labute approximate surface area is 316 Å². The molecule has 0 bridgehead atoms. The van der Waals surface area contributed by atoms with Gasteiger partial charge in [0.15, 0.2) is 0 Å². The summed E-state index contributed by atoms with van der Waals surface area (Å²) >= 11 is 6.21. The molecule has 0 saturated carbocycles. The molecule has 15 heteroatoms. The average molecular weight is 773 g/mol. The molecule has 2 aromatic heterocycles. The lowest BCUT2D eigenvalue weighted by Crippen LogP contribution is -2.47. The van der Waals surface area contributed by atoms with Crippen molar-refractivity contribution in [2.24, 2.45) is 5.41 Å². The second-order valence-corrected chi connectivity index (χ2v) is 16.5. The van der Waals surface area contributed by atoms with Crippen LogP contribution < -0.4 is 14.4 Å². The smallest absolute Gasteiger partial charge is 0.306 e. The van der Waals surface area contributed by atoms with Gasteiger partial charge in [-0.3, -0.25) is 19.8 Å². The van der Waals surface area contributed by atoms with Gasteiger partial charge in [-0.15, -0.1) is 0 Å². The predicted octanol–water partition coefficient (Wildman–Crippen LogP) is 7.96. The number of hydrogen-bond acceptors (Lipinski definition) is 9. The number of H-pyrrole nitrogens is 1. The number of benzene rings is 3. The minimum Gasteiger partial charge on any atom is -0.455 e. The first kappa shape index (κ1) is 37.0. The number of halogens is 2. The van der Waals surface area contributed by atoms with Gasteiger partial charge in [-0.2, -0.15) is 4.39 Å². The molecule has 0 spiro atoms. The molecule has 3 aromatic carbocycles. The number of nitro benzene ring substituents is 1. The highest BCUT2D eigenvalue weighted by Gasteiger charge is 2.30. The van der Waals surface area contributed by atoms with Crippen LogP contribution in [0.2, 0.25) is 5.02 Å². The number of pyridine rings is 1. The molecule has 1 fully saturated rings. The molecule has 2 aliphatic rings. The van der Waals surface area contributed by atoms with Crippen molar-refractivity contribution in [3.8, 4) is 11.5 Å². The maximum atomic E-state index is 13.9. The Kier molecular flexibility index (Phi) is 10.2. The summed E-state index contributed by atoms with van der Waals surface area (Å²) in [5.41, 5.74) is 4.56. The third kappa shape index (κ3) is 8.10. The first-order valence-corrected chi connectivity index (χ1v) is 19.3. The molecule has 1 aliphatic carbocycles. The van der Waals surface area contributed by atoms with Gasteiger partial charge in [0.25, 0.3) is 15.9 Å². The van der Waals surface area contributed by atoms with Crippen LogP contribution in [-0.2, 0) is 10.0 Å². The fourth-order valence-electron chi connectivity index (χ4n) is 7.02. The second-order valence-electron chi connectivity index (χ2n) is 14.4. The maximum Gasteiger partial charge on any atom is 0.306 e. The highest BCUT2D eigenvalue weighted by molar-refractivity contribution is 7.90. The number of sulfonamides is 1. The summed E-state index contributed by atoms with van der Waals surface area (Å²) in [6.45, 7) is 8.52. The summed E-state index contributed by atoms with van der Waals surface area (Å²) in [5, 5.41) is 12.7. The summed E-state index contributed by atoms with van der Waals surface area (Å²) in [7, 11) is -4.64. The zero-order valence-corrected chi connectivity index (χ0v) is 31.2. The summed E-state index contributed by atoms with van der Waals surface area (Å²) < 4.78 is 48.4. The molecule has 3 heterocycles. The molecule has 2 N–H and O–H groups in total. The number of carbonyl (C=O) groups excluding carboxylic acids is 1. The number of piperazine rings is 1. The van der Waals surface area contributed by atoms with E-state index >= 15 is 0 Å². The Morgan fingerprint density at radius 3 is 2.56 bits per heavy atom. The Bertz CT molecular complexity index is 2390. The molecule has 1 aliphatic heterocycles. The van der Waals surface area contributed by atoms with Gasteiger partial charge in [0.2, 0.25) is 5.82 Å².